The van der Waals surface area contributed by atoms with Crippen LogP contribution in [0.3, 0.4) is 0 Å². The molecule has 3 nitrogen and oxygen atoms in total. The first-order valence-electron chi connectivity index (χ1n) is 6.91. The molecule has 2 aromatic carbocycles. The van der Waals surface area contributed by atoms with Crippen molar-refractivity contribution >= 4 is 11.6 Å². The molecule has 1 aromatic heterocycles. The van der Waals surface area contributed by atoms with Gasteiger partial charge in [0.2, 0.25) is 0 Å². The molecule has 3 rings (SSSR count). The molecule has 23 heavy (non-hydrogen) atoms. The van der Waals surface area contributed by atoms with Gasteiger partial charge in [-0.15, -0.1) is 0 Å². The van der Waals surface area contributed by atoms with Crippen LogP contribution >= 0.6 is 0 Å². The normalized spacial score (nSPS) is 10.3. The minimum absolute atomic E-state index is 0.300. The van der Waals surface area contributed by atoms with E-state index in [0.717, 1.165) is 0 Å². The number of hydrogen-bond acceptors (Lipinski definition) is 2. The highest BCUT2D eigenvalue weighted by atomic mass is 19.1. The molecule has 0 atom stereocenters. The van der Waals surface area contributed by atoms with Crippen LogP contribution in [-0.2, 0) is 0 Å². The maximum Gasteiger partial charge on any atom is 0.257 e. The summed E-state index contributed by atoms with van der Waals surface area (Å²) in [7, 11) is 0. The van der Waals surface area contributed by atoms with Gasteiger partial charge in [-0.2, -0.15) is 0 Å². The van der Waals surface area contributed by atoms with Crippen LogP contribution in [0.1, 0.15) is 10.4 Å². The standard InChI is InChI=1S/C18H12F2N2O/c19-13-4-3-5-14(10-13)22-18(23)12-8-9-17(21-11-12)15-6-1-2-7-16(15)20/h1-11H,(H,22,23). The van der Waals surface area contributed by atoms with Crippen LogP contribution < -0.4 is 5.32 Å². The van der Waals surface area contributed by atoms with E-state index in [1.165, 1.54) is 30.5 Å². The smallest absolute Gasteiger partial charge is 0.257 e. The molecule has 1 amide bonds. The van der Waals surface area contributed by atoms with Gasteiger partial charge in [0.1, 0.15) is 11.6 Å². The van der Waals surface area contributed by atoms with Crippen LogP contribution in [0.5, 0.6) is 0 Å². The molecule has 3 aromatic rings. The number of pyridine rings is 1. The van der Waals surface area contributed by atoms with E-state index in [0.29, 0.717) is 22.5 Å². The van der Waals surface area contributed by atoms with Crippen molar-refractivity contribution in [1.82, 2.24) is 4.98 Å². The Balaban J connectivity index is 1.79. The highest BCUT2D eigenvalue weighted by Gasteiger charge is 2.09. The summed E-state index contributed by atoms with van der Waals surface area (Å²) in [4.78, 5) is 16.2. The number of amides is 1. The zero-order valence-electron chi connectivity index (χ0n) is 12.0. The summed E-state index contributed by atoms with van der Waals surface area (Å²) in [6.45, 7) is 0. The Bertz CT molecular complexity index is 848. The first-order valence-corrected chi connectivity index (χ1v) is 6.91. The summed E-state index contributed by atoms with van der Waals surface area (Å²) >= 11 is 0. The molecule has 0 unspecified atom stereocenters. The van der Waals surface area contributed by atoms with Crippen LogP contribution in [-0.4, -0.2) is 10.9 Å². The summed E-state index contributed by atoms with van der Waals surface area (Å²) in [5, 5.41) is 2.58. The molecule has 0 fully saturated rings. The molecule has 0 aliphatic carbocycles. The number of halogens is 2. The number of aromatic nitrogens is 1. The molecule has 0 saturated heterocycles. The third-order valence-corrected chi connectivity index (χ3v) is 3.26. The lowest BCUT2D eigenvalue weighted by atomic mass is 10.1. The molecule has 0 bridgehead atoms. The van der Waals surface area contributed by atoms with Crippen LogP contribution in [0, 0.1) is 11.6 Å². The van der Waals surface area contributed by atoms with E-state index >= 15 is 0 Å². The first kappa shape index (κ1) is 14.8. The number of nitrogens with zero attached hydrogens (tertiary/aromatic N) is 1. The fourth-order valence-corrected chi connectivity index (χ4v) is 2.13. The van der Waals surface area contributed by atoms with Gasteiger partial charge in [-0.1, -0.05) is 18.2 Å². The average Bonchev–Trinajstić information content (AvgIpc) is 2.55. The number of carbonyl (C=O) groups is 1. The summed E-state index contributed by atoms with van der Waals surface area (Å²) in [5.74, 6) is -1.23. The molecular weight excluding hydrogens is 298 g/mol. The molecule has 114 valence electrons. The van der Waals surface area contributed by atoms with Crippen molar-refractivity contribution in [3.63, 3.8) is 0 Å². The van der Waals surface area contributed by atoms with E-state index in [1.54, 1.807) is 36.4 Å². The van der Waals surface area contributed by atoms with Crippen LogP contribution in [0.4, 0.5) is 14.5 Å². The fourth-order valence-electron chi connectivity index (χ4n) is 2.13. The van der Waals surface area contributed by atoms with Crippen molar-refractivity contribution in [3.05, 3.63) is 84.1 Å². The topological polar surface area (TPSA) is 42.0 Å². The Labute approximate surface area is 131 Å². The van der Waals surface area contributed by atoms with Crippen molar-refractivity contribution < 1.29 is 13.6 Å². The Morgan fingerprint density at radius 2 is 1.78 bits per heavy atom. The second-order valence-corrected chi connectivity index (χ2v) is 4.88. The van der Waals surface area contributed by atoms with Crippen molar-refractivity contribution in [1.29, 1.82) is 0 Å². The average molecular weight is 310 g/mol. The van der Waals surface area contributed by atoms with E-state index in [4.69, 9.17) is 0 Å². The number of rotatable bonds is 3. The Morgan fingerprint density at radius 1 is 0.957 bits per heavy atom. The third-order valence-electron chi connectivity index (χ3n) is 3.26. The van der Waals surface area contributed by atoms with Gasteiger partial charge in [0, 0.05) is 17.4 Å². The number of nitrogens with one attached hydrogen (secondary N) is 1. The van der Waals surface area contributed by atoms with Crippen molar-refractivity contribution in [2.24, 2.45) is 0 Å². The molecule has 1 N–H and O–H groups in total. The Morgan fingerprint density at radius 3 is 2.48 bits per heavy atom. The minimum Gasteiger partial charge on any atom is -0.322 e. The number of carbonyl (C=O) groups excluding carboxylic acids is 1. The van der Waals surface area contributed by atoms with Gasteiger partial charge in [0.15, 0.2) is 0 Å². The van der Waals surface area contributed by atoms with Gasteiger partial charge in [0.25, 0.3) is 5.91 Å². The van der Waals surface area contributed by atoms with Gasteiger partial charge in [-0.05, 0) is 42.5 Å². The number of hydrogen-bond donors (Lipinski definition) is 1. The molecule has 0 aliphatic rings. The van der Waals surface area contributed by atoms with Crippen molar-refractivity contribution in [2.45, 2.75) is 0 Å². The van der Waals surface area contributed by atoms with Gasteiger partial charge in [0.05, 0.1) is 11.3 Å². The van der Waals surface area contributed by atoms with Gasteiger partial charge >= 0.3 is 0 Å². The van der Waals surface area contributed by atoms with E-state index in [1.807, 2.05) is 0 Å². The van der Waals surface area contributed by atoms with E-state index in [-0.39, 0.29) is 5.82 Å². The summed E-state index contributed by atoms with van der Waals surface area (Å²) in [6, 6.07) is 15.0. The predicted molar refractivity (Wildman–Crippen MR) is 84.0 cm³/mol. The summed E-state index contributed by atoms with van der Waals surface area (Å²) in [5.41, 5.74) is 1.46. The lowest BCUT2D eigenvalue weighted by Gasteiger charge is -2.06. The van der Waals surface area contributed by atoms with Crippen molar-refractivity contribution in [2.75, 3.05) is 5.32 Å². The zero-order valence-corrected chi connectivity index (χ0v) is 12.0. The van der Waals surface area contributed by atoms with Crippen LogP contribution in [0.25, 0.3) is 11.3 Å². The zero-order chi connectivity index (χ0) is 16.2. The maximum absolute atomic E-state index is 13.7. The molecule has 0 aliphatic heterocycles. The van der Waals surface area contributed by atoms with E-state index in [2.05, 4.69) is 10.3 Å². The highest BCUT2D eigenvalue weighted by molar-refractivity contribution is 6.04. The lowest BCUT2D eigenvalue weighted by molar-refractivity contribution is 0.102. The molecule has 0 radical (unpaired) electrons. The number of benzene rings is 2. The largest absolute Gasteiger partial charge is 0.322 e. The first-order chi connectivity index (χ1) is 11.1. The van der Waals surface area contributed by atoms with Crippen LogP contribution in [0.2, 0.25) is 0 Å². The summed E-state index contributed by atoms with van der Waals surface area (Å²) in [6.07, 6.45) is 1.36. The van der Waals surface area contributed by atoms with E-state index in [9.17, 15) is 13.6 Å². The minimum atomic E-state index is -0.434. The Hall–Kier alpha value is -3.08. The second kappa shape index (κ2) is 6.36. The summed E-state index contributed by atoms with van der Waals surface area (Å²) < 4.78 is 26.8. The third kappa shape index (κ3) is 3.40. The van der Waals surface area contributed by atoms with Gasteiger partial charge < -0.3 is 5.32 Å². The maximum atomic E-state index is 13.7. The monoisotopic (exact) mass is 310 g/mol. The Kier molecular flexibility index (Phi) is 4.10. The molecule has 5 heteroatoms. The number of anilines is 1. The quantitative estimate of drug-likeness (QED) is 0.784. The van der Waals surface area contributed by atoms with Crippen LogP contribution in [0.15, 0.2) is 66.9 Å². The fraction of sp³-hybridized carbons (Fsp3) is 0. The molecule has 0 saturated carbocycles. The second-order valence-electron chi connectivity index (χ2n) is 4.88. The van der Waals surface area contributed by atoms with Gasteiger partial charge in [-0.3, -0.25) is 9.78 Å². The molecule has 1 heterocycles. The van der Waals surface area contributed by atoms with Gasteiger partial charge in [-0.25, -0.2) is 8.78 Å². The SMILES string of the molecule is O=C(Nc1cccc(F)c1)c1ccc(-c2ccccc2F)nc1. The lowest BCUT2D eigenvalue weighted by Crippen LogP contribution is -2.12. The molecule has 0 spiro atoms. The molecular formula is C18H12F2N2O. The predicted octanol–water partition coefficient (Wildman–Crippen LogP) is 4.28. The van der Waals surface area contributed by atoms with E-state index < -0.39 is 11.7 Å². The highest BCUT2D eigenvalue weighted by Crippen LogP contribution is 2.20. The van der Waals surface area contributed by atoms with Crippen molar-refractivity contribution in [3.8, 4) is 11.3 Å².